The minimum atomic E-state index is -0.0459. The van der Waals surface area contributed by atoms with Crippen LogP contribution in [0.25, 0.3) is 0 Å². The van der Waals surface area contributed by atoms with Gasteiger partial charge < -0.3 is 19.3 Å². The summed E-state index contributed by atoms with van der Waals surface area (Å²) in [7, 11) is 0. The Hall–Kier alpha value is -0.940. The molecule has 0 spiro atoms. The number of carbonyl (C=O) groups is 1. The lowest BCUT2D eigenvalue weighted by Crippen LogP contribution is -2.49. The van der Waals surface area contributed by atoms with E-state index >= 15 is 0 Å². The molecule has 0 aromatic heterocycles. The molecule has 5 nitrogen and oxygen atoms in total. The van der Waals surface area contributed by atoms with Crippen LogP contribution in [0.1, 0.15) is 6.92 Å². The van der Waals surface area contributed by atoms with Gasteiger partial charge in [0.25, 0.3) is 5.91 Å². The third-order valence-electron chi connectivity index (χ3n) is 2.97. The largest absolute Gasteiger partial charge is 0.494 e. The third kappa shape index (κ3) is 3.51. The SMILES string of the molecule is CCN1CCN(C(=O)C2=COCCO2)CC1.Cl. The number of carbonyl (C=O) groups excluding carboxylic acids is 1. The first-order valence-electron chi connectivity index (χ1n) is 5.77. The smallest absolute Gasteiger partial charge is 0.292 e. The summed E-state index contributed by atoms with van der Waals surface area (Å²) in [5.41, 5.74) is 0. The van der Waals surface area contributed by atoms with Crippen LogP contribution in [0.3, 0.4) is 0 Å². The Kier molecular flexibility index (Phi) is 5.58. The van der Waals surface area contributed by atoms with Crippen molar-refractivity contribution in [1.29, 1.82) is 0 Å². The Bertz CT molecular complexity index is 288. The number of piperazine rings is 1. The van der Waals surface area contributed by atoms with Gasteiger partial charge in [-0.1, -0.05) is 6.92 Å². The number of rotatable bonds is 2. The van der Waals surface area contributed by atoms with Crippen LogP contribution < -0.4 is 0 Å². The van der Waals surface area contributed by atoms with Gasteiger partial charge in [0.1, 0.15) is 19.5 Å². The lowest BCUT2D eigenvalue weighted by atomic mass is 10.3. The molecule has 0 N–H and O–H groups in total. The van der Waals surface area contributed by atoms with Crippen molar-refractivity contribution in [2.24, 2.45) is 0 Å². The molecular weight excluding hydrogens is 244 g/mol. The zero-order valence-corrected chi connectivity index (χ0v) is 10.9. The van der Waals surface area contributed by atoms with E-state index in [-0.39, 0.29) is 18.3 Å². The quantitative estimate of drug-likeness (QED) is 0.725. The van der Waals surface area contributed by atoms with E-state index in [1.54, 1.807) is 0 Å². The molecule has 2 heterocycles. The first-order chi connectivity index (χ1) is 7.81. The van der Waals surface area contributed by atoms with Gasteiger partial charge in [0.2, 0.25) is 5.76 Å². The number of hydrogen-bond acceptors (Lipinski definition) is 4. The van der Waals surface area contributed by atoms with E-state index in [4.69, 9.17) is 9.47 Å². The minimum absolute atomic E-state index is 0. The van der Waals surface area contributed by atoms with Crippen LogP contribution in [0.2, 0.25) is 0 Å². The molecule has 98 valence electrons. The topological polar surface area (TPSA) is 42.0 Å². The predicted molar refractivity (Wildman–Crippen MR) is 65.9 cm³/mol. The van der Waals surface area contributed by atoms with Crippen molar-refractivity contribution in [2.45, 2.75) is 6.92 Å². The lowest BCUT2D eigenvalue weighted by Gasteiger charge is -2.34. The standard InChI is InChI=1S/C11H18N2O3.ClH/c1-2-12-3-5-13(6-4-12)11(14)10-9-15-7-8-16-10;/h9H,2-8H2,1H3;1H. The average molecular weight is 263 g/mol. The second kappa shape index (κ2) is 6.71. The fraction of sp³-hybridized carbons (Fsp3) is 0.727. The van der Waals surface area contributed by atoms with Crippen molar-refractivity contribution in [3.63, 3.8) is 0 Å². The fourth-order valence-electron chi connectivity index (χ4n) is 1.90. The Morgan fingerprint density at radius 3 is 2.53 bits per heavy atom. The molecule has 0 atom stereocenters. The van der Waals surface area contributed by atoms with Gasteiger partial charge in [-0.3, -0.25) is 4.79 Å². The maximum absolute atomic E-state index is 12.0. The highest BCUT2D eigenvalue weighted by Gasteiger charge is 2.25. The number of amides is 1. The normalized spacial score (nSPS) is 20.8. The Morgan fingerprint density at radius 1 is 1.29 bits per heavy atom. The monoisotopic (exact) mass is 262 g/mol. The van der Waals surface area contributed by atoms with E-state index in [0.717, 1.165) is 32.7 Å². The van der Waals surface area contributed by atoms with Crippen LogP contribution in [0.5, 0.6) is 0 Å². The van der Waals surface area contributed by atoms with Gasteiger partial charge in [-0.15, -0.1) is 12.4 Å². The Morgan fingerprint density at radius 2 is 2.00 bits per heavy atom. The van der Waals surface area contributed by atoms with Crippen molar-refractivity contribution < 1.29 is 14.3 Å². The van der Waals surface area contributed by atoms with E-state index < -0.39 is 0 Å². The molecule has 0 aromatic rings. The number of halogens is 1. The molecule has 2 rings (SSSR count). The summed E-state index contributed by atoms with van der Waals surface area (Å²) in [6.07, 6.45) is 1.43. The third-order valence-corrected chi connectivity index (χ3v) is 2.97. The summed E-state index contributed by atoms with van der Waals surface area (Å²) in [5, 5.41) is 0. The zero-order chi connectivity index (χ0) is 11.4. The second-order valence-electron chi connectivity index (χ2n) is 3.93. The van der Waals surface area contributed by atoms with Gasteiger partial charge in [0.15, 0.2) is 0 Å². The van der Waals surface area contributed by atoms with E-state index in [2.05, 4.69) is 11.8 Å². The van der Waals surface area contributed by atoms with Gasteiger partial charge in [-0.2, -0.15) is 0 Å². The van der Waals surface area contributed by atoms with Gasteiger partial charge >= 0.3 is 0 Å². The van der Waals surface area contributed by atoms with Crippen LogP contribution in [-0.2, 0) is 14.3 Å². The molecule has 1 amide bonds. The van der Waals surface area contributed by atoms with Crippen molar-refractivity contribution in [1.82, 2.24) is 9.80 Å². The molecule has 0 saturated carbocycles. The number of hydrogen-bond donors (Lipinski definition) is 0. The van der Waals surface area contributed by atoms with E-state index in [0.29, 0.717) is 19.0 Å². The molecule has 1 saturated heterocycles. The van der Waals surface area contributed by atoms with Gasteiger partial charge in [0, 0.05) is 26.2 Å². The fourth-order valence-corrected chi connectivity index (χ4v) is 1.90. The minimum Gasteiger partial charge on any atom is -0.494 e. The highest BCUT2D eigenvalue weighted by Crippen LogP contribution is 2.11. The summed E-state index contributed by atoms with van der Waals surface area (Å²) >= 11 is 0. The molecule has 0 bridgehead atoms. The van der Waals surface area contributed by atoms with Gasteiger partial charge in [-0.05, 0) is 6.54 Å². The number of likely N-dealkylation sites (N-methyl/N-ethyl adjacent to an activating group) is 1. The second-order valence-corrected chi connectivity index (χ2v) is 3.93. The van der Waals surface area contributed by atoms with Crippen molar-refractivity contribution in [2.75, 3.05) is 45.9 Å². The molecule has 0 aromatic carbocycles. The number of ether oxygens (including phenoxy) is 2. The van der Waals surface area contributed by atoms with Crippen molar-refractivity contribution in [3.05, 3.63) is 12.0 Å². The zero-order valence-electron chi connectivity index (χ0n) is 10.1. The molecule has 0 radical (unpaired) electrons. The highest BCUT2D eigenvalue weighted by molar-refractivity contribution is 5.91. The predicted octanol–water partition coefficient (Wildman–Crippen LogP) is 0.460. The van der Waals surface area contributed by atoms with Crippen molar-refractivity contribution >= 4 is 18.3 Å². The first-order valence-corrected chi connectivity index (χ1v) is 5.77. The number of nitrogens with zero attached hydrogens (tertiary/aromatic N) is 2. The van der Waals surface area contributed by atoms with Crippen LogP contribution in [-0.4, -0.2) is 61.6 Å². The molecule has 6 heteroatoms. The molecule has 2 aliphatic rings. The van der Waals surface area contributed by atoms with E-state index in [1.807, 2.05) is 4.90 Å². The summed E-state index contributed by atoms with van der Waals surface area (Å²) in [5.74, 6) is 0.298. The maximum Gasteiger partial charge on any atom is 0.292 e. The molecular formula is C11H19ClN2O3. The molecule has 2 aliphatic heterocycles. The van der Waals surface area contributed by atoms with Crippen LogP contribution >= 0.6 is 12.4 Å². The Balaban J connectivity index is 0.00000144. The van der Waals surface area contributed by atoms with E-state index in [1.165, 1.54) is 6.26 Å². The molecule has 0 aliphatic carbocycles. The first kappa shape index (κ1) is 14.1. The van der Waals surface area contributed by atoms with Gasteiger partial charge in [-0.25, -0.2) is 0 Å². The molecule has 17 heavy (non-hydrogen) atoms. The lowest BCUT2D eigenvalue weighted by molar-refractivity contribution is -0.134. The summed E-state index contributed by atoms with van der Waals surface area (Å²) in [6, 6.07) is 0. The average Bonchev–Trinajstić information content (AvgIpc) is 2.39. The molecule has 0 unspecified atom stereocenters. The van der Waals surface area contributed by atoms with Crippen LogP contribution in [0, 0.1) is 0 Å². The highest BCUT2D eigenvalue weighted by atomic mass is 35.5. The van der Waals surface area contributed by atoms with Gasteiger partial charge in [0.05, 0.1) is 0 Å². The molecule has 1 fully saturated rings. The summed E-state index contributed by atoms with van der Waals surface area (Å²) < 4.78 is 10.4. The van der Waals surface area contributed by atoms with Crippen LogP contribution in [0.4, 0.5) is 0 Å². The Labute approximate surface area is 108 Å². The van der Waals surface area contributed by atoms with E-state index in [9.17, 15) is 4.79 Å². The summed E-state index contributed by atoms with van der Waals surface area (Å²) in [4.78, 5) is 16.1. The van der Waals surface area contributed by atoms with Crippen LogP contribution in [0.15, 0.2) is 12.0 Å². The van der Waals surface area contributed by atoms with Crippen molar-refractivity contribution in [3.8, 4) is 0 Å². The summed E-state index contributed by atoms with van der Waals surface area (Å²) in [6.45, 7) is 7.60. The maximum atomic E-state index is 12.0.